The molecular formula is C8H15IO3. The number of carbonyl (C=O) groups excluding carboxylic acids is 1. The third kappa shape index (κ3) is 4.92. The summed E-state index contributed by atoms with van der Waals surface area (Å²) >= 11 is 1.79. The summed E-state index contributed by atoms with van der Waals surface area (Å²) in [6.45, 7) is 7.64. The lowest BCUT2D eigenvalue weighted by Gasteiger charge is -2.17. The van der Waals surface area contributed by atoms with Crippen LogP contribution in [0.1, 0.15) is 27.7 Å². The fraction of sp³-hybridized carbons (Fsp3) is 0.875. The maximum Gasteiger partial charge on any atom is 0.311 e. The van der Waals surface area contributed by atoms with Crippen LogP contribution in [0.2, 0.25) is 0 Å². The second-order valence-electron chi connectivity index (χ2n) is 3.75. The van der Waals surface area contributed by atoms with Gasteiger partial charge in [-0.15, -0.1) is 0 Å². The Kier molecular flexibility index (Phi) is 5.08. The van der Waals surface area contributed by atoms with Crippen LogP contribution in [0.15, 0.2) is 0 Å². The van der Waals surface area contributed by atoms with Crippen molar-refractivity contribution in [1.82, 2.24) is 0 Å². The van der Waals surface area contributed by atoms with Crippen LogP contribution in [-0.4, -0.2) is 18.7 Å². The van der Waals surface area contributed by atoms with E-state index in [0.29, 0.717) is 6.61 Å². The van der Waals surface area contributed by atoms with Crippen molar-refractivity contribution >= 4 is 29.0 Å². The molecule has 0 aliphatic rings. The number of rotatable bonds is 3. The molecule has 12 heavy (non-hydrogen) atoms. The Labute approximate surface area is 87.5 Å². The molecule has 4 heteroatoms. The highest BCUT2D eigenvalue weighted by atomic mass is 127. The molecule has 0 aromatic heterocycles. The topological polar surface area (TPSA) is 35.5 Å². The van der Waals surface area contributed by atoms with Crippen LogP contribution < -0.4 is 0 Å². The molecule has 3 nitrogen and oxygen atoms in total. The predicted octanol–water partition coefficient (Wildman–Crippen LogP) is 2.33. The van der Waals surface area contributed by atoms with E-state index in [1.165, 1.54) is 0 Å². The van der Waals surface area contributed by atoms with Crippen LogP contribution in [0.4, 0.5) is 0 Å². The van der Waals surface area contributed by atoms with Crippen molar-refractivity contribution in [3.05, 3.63) is 0 Å². The summed E-state index contributed by atoms with van der Waals surface area (Å²) < 4.78 is 9.90. The van der Waals surface area contributed by atoms with Crippen molar-refractivity contribution in [1.29, 1.82) is 0 Å². The van der Waals surface area contributed by atoms with E-state index in [-0.39, 0.29) is 12.1 Å². The lowest BCUT2D eigenvalue weighted by molar-refractivity contribution is -0.154. The molecule has 0 heterocycles. The van der Waals surface area contributed by atoms with E-state index >= 15 is 0 Å². The molecule has 1 atom stereocenters. The Hall–Kier alpha value is 0.160. The molecule has 1 unspecified atom stereocenters. The number of hydrogen-bond acceptors (Lipinski definition) is 3. The minimum absolute atomic E-state index is 0.0445. The van der Waals surface area contributed by atoms with Gasteiger partial charge in [0.05, 0.1) is 5.41 Å². The van der Waals surface area contributed by atoms with E-state index in [4.69, 9.17) is 7.80 Å². The number of carbonyl (C=O) groups is 1. The Morgan fingerprint density at radius 3 is 2.33 bits per heavy atom. The number of hydrogen-bond donors (Lipinski definition) is 0. The Morgan fingerprint density at radius 1 is 1.50 bits per heavy atom. The molecule has 0 saturated carbocycles. The van der Waals surface area contributed by atoms with Crippen molar-refractivity contribution < 1.29 is 12.6 Å². The summed E-state index contributed by atoms with van der Waals surface area (Å²) in [5.41, 5.74) is -0.426. The normalized spacial score (nSPS) is 14.1. The van der Waals surface area contributed by atoms with Gasteiger partial charge in [-0.2, -0.15) is 0 Å². The first-order valence-corrected chi connectivity index (χ1v) is 4.70. The fourth-order valence-corrected chi connectivity index (χ4v) is 0.582. The van der Waals surface area contributed by atoms with Crippen molar-refractivity contribution in [2.75, 3.05) is 6.61 Å². The van der Waals surface area contributed by atoms with Crippen LogP contribution >= 0.6 is 23.0 Å². The molecule has 0 bridgehead atoms. The Morgan fingerprint density at radius 2 is 2.00 bits per heavy atom. The second kappa shape index (κ2) is 5.01. The summed E-state index contributed by atoms with van der Waals surface area (Å²) in [4.78, 5) is 11.2. The van der Waals surface area contributed by atoms with Crippen molar-refractivity contribution in [3.8, 4) is 0 Å². The minimum atomic E-state index is -0.426. The lowest BCUT2D eigenvalue weighted by Crippen LogP contribution is -2.26. The molecule has 0 amide bonds. The van der Waals surface area contributed by atoms with Crippen LogP contribution in [0, 0.1) is 5.41 Å². The Balaban J connectivity index is 3.73. The average molecular weight is 286 g/mol. The molecular weight excluding hydrogens is 271 g/mol. The van der Waals surface area contributed by atoms with Crippen LogP contribution in [0.5, 0.6) is 0 Å². The predicted molar refractivity (Wildman–Crippen MR) is 55.0 cm³/mol. The highest BCUT2D eigenvalue weighted by Gasteiger charge is 2.23. The highest BCUT2D eigenvalue weighted by molar-refractivity contribution is 14.1. The molecule has 0 saturated heterocycles. The van der Waals surface area contributed by atoms with Crippen molar-refractivity contribution in [2.24, 2.45) is 5.41 Å². The minimum Gasteiger partial charge on any atom is -0.462 e. The third-order valence-corrected chi connectivity index (χ3v) is 2.08. The van der Waals surface area contributed by atoms with E-state index in [0.717, 1.165) is 0 Å². The molecule has 0 aliphatic heterocycles. The lowest BCUT2D eigenvalue weighted by atomic mass is 9.97. The maximum atomic E-state index is 11.2. The SMILES string of the molecule is CC(COC(=O)C(C)(C)C)OI. The first kappa shape index (κ1) is 12.2. The van der Waals surface area contributed by atoms with E-state index in [1.54, 1.807) is 23.0 Å². The van der Waals surface area contributed by atoms with Crippen LogP contribution in [0.25, 0.3) is 0 Å². The number of ether oxygens (including phenoxy) is 1. The van der Waals surface area contributed by atoms with Crippen LogP contribution in [0.3, 0.4) is 0 Å². The Bertz CT molecular complexity index is 151. The molecule has 72 valence electrons. The van der Waals surface area contributed by atoms with E-state index in [9.17, 15) is 4.79 Å². The van der Waals surface area contributed by atoms with Gasteiger partial charge in [0.2, 0.25) is 0 Å². The second-order valence-corrected chi connectivity index (χ2v) is 4.26. The summed E-state index contributed by atoms with van der Waals surface area (Å²) in [6.07, 6.45) is -0.0445. The van der Waals surface area contributed by atoms with Gasteiger partial charge in [-0.25, -0.2) is 0 Å². The molecule has 0 aliphatic carbocycles. The quantitative estimate of drug-likeness (QED) is 0.590. The summed E-state index contributed by atoms with van der Waals surface area (Å²) in [5, 5.41) is 0. The molecule has 0 aromatic rings. The van der Waals surface area contributed by atoms with Crippen molar-refractivity contribution in [2.45, 2.75) is 33.8 Å². The summed E-state index contributed by atoms with van der Waals surface area (Å²) in [6, 6.07) is 0. The van der Waals surface area contributed by atoms with Gasteiger partial charge in [-0.1, -0.05) is 0 Å². The van der Waals surface area contributed by atoms with Gasteiger partial charge in [0.15, 0.2) is 0 Å². The number of halogens is 1. The van der Waals surface area contributed by atoms with Gasteiger partial charge in [-0.3, -0.25) is 4.79 Å². The van der Waals surface area contributed by atoms with E-state index in [1.807, 2.05) is 27.7 Å². The highest BCUT2D eigenvalue weighted by Crippen LogP contribution is 2.15. The molecule has 0 spiro atoms. The standard InChI is InChI=1S/C8H15IO3/c1-6(12-9)5-11-7(10)8(2,3)4/h6H,5H2,1-4H3. The first-order valence-electron chi connectivity index (χ1n) is 3.82. The van der Waals surface area contributed by atoms with Gasteiger partial charge < -0.3 is 7.80 Å². The van der Waals surface area contributed by atoms with Gasteiger partial charge in [0.1, 0.15) is 35.7 Å². The van der Waals surface area contributed by atoms with Gasteiger partial charge >= 0.3 is 5.97 Å². The van der Waals surface area contributed by atoms with E-state index < -0.39 is 5.41 Å². The summed E-state index contributed by atoms with van der Waals surface area (Å²) in [7, 11) is 0. The largest absolute Gasteiger partial charge is 0.462 e. The van der Waals surface area contributed by atoms with Crippen molar-refractivity contribution in [3.63, 3.8) is 0 Å². The zero-order valence-corrected chi connectivity index (χ0v) is 10.0. The smallest absolute Gasteiger partial charge is 0.311 e. The summed E-state index contributed by atoms with van der Waals surface area (Å²) in [5.74, 6) is -0.192. The fourth-order valence-electron chi connectivity index (χ4n) is 0.435. The first-order chi connectivity index (χ1) is 5.38. The zero-order valence-electron chi connectivity index (χ0n) is 7.89. The van der Waals surface area contributed by atoms with Gasteiger partial charge in [0.25, 0.3) is 0 Å². The molecule has 0 N–H and O–H groups in total. The van der Waals surface area contributed by atoms with Gasteiger partial charge in [0, 0.05) is 0 Å². The number of esters is 1. The molecule has 0 fully saturated rings. The van der Waals surface area contributed by atoms with E-state index in [2.05, 4.69) is 0 Å². The van der Waals surface area contributed by atoms with Gasteiger partial charge in [-0.05, 0) is 27.7 Å². The maximum absolute atomic E-state index is 11.2. The molecule has 0 radical (unpaired) electrons. The molecule has 0 aromatic carbocycles. The third-order valence-electron chi connectivity index (χ3n) is 1.21. The zero-order chi connectivity index (χ0) is 9.78. The average Bonchev–Trinajstić information content (AvgIpc) is 1.97. The monoisotopic (exact) mass is 286 g/mol. The van der Waals surface area contributed by atoms with Crippen LogP contribution in [-0.2, 0) is 12.6 Å². The molecule has 0 rings (SSSR count).